The summed E-state index contributed by atoms with van der Waals surface area (Å²) in [5.41, 5.74) is 2.80. The molecule has 0 atom stereocenters. The summed E-state index contributed by atoms with van der Waals surface area (Å²) >= 11 is 3.55. The summed E-state index contributed by atoms with van der Waals surface area (Å²) in [7, 11) is 0. The van der Waals surface area contributed by atoms with Crippen molar-refractivity contribution in [3.05, 3.63) is 45.7 Å². The third-order valence-electron chi connectivity index (χ3n) is 3.42. The van der Waals surface area contributed by atoms with Gasteiger partial charge in [-0.05, 0) is 59.5 Å². The maximum Gasteiger partial charge on any atom is 0.435 e. The average Bonchev–Trinajstić information content (AvgIpc) is 3.05. The van der Waals surface area contributed by atoms with Crippen LogP contribution < -0.4 is 4.74 Å². The normalized spacial score (nSPS) is 13.6. The molecule has 3 rings (SSSR count). The predicted octanol–water partition coefficient (Wildman–Crippen LogP) is 3.95. The fourth-order valence-corrected chi connectivity index (χ4v) is 3.18. The van der Waals surface area contributed by atoms with Gasteiger partial charge in [0.15, 0.2) is 0 Å². The van der Waals surface area contributed by atoms with Crippen LogP contribution in [0.3, 0.4) is 0 Å². The molecule has 0 N–H and O–H groups in total. The standard InChI is InChI=1S/C17H19BrN2O3/c1-17(2,3)23-16(21)20-10-12(9-19-20)6-11-7-13-4-5-22-15(13)14(18)8-11/h7-10H,4-6H2,1-3H3. The number of hydrogen-bond acceptors (Lipinski definition) is 4. The van der Waals surface area contributed by atoms with E-state index in [1.165, 1.54) is 10.2 Å². The number of nitrogens with zero attached hydrogens (tertiary/aromatic N) is 2. The Bertz CT molecular complexity index is 747. The molecule has 1 aliphatic rings. The van der Waals surface area contributed by atoms with Crippen LogP contribution in [0.15, 0.2) is 29.0 Å². The van der Waals surface area contributed by atoms with Gasteiger partial charge in [0, 0.05) is 19.0 Å². The fourth-order valence-electron chi connectivity index (χ4n) is 2.52. The van der Waals surface area contributed by atoms with Gasteiger partial charge in [-0.15, -0.1) is 0 Å². The van der Waals surface area contributed by atoms with E-state index in [2.05, 4.69) is 33.2 Å². The summed E-state index contributed by atoms with van der Waals surface area (Å²) in [5.74, 6) is 0.943. The highest BCUT2D eigenvalue weighted by molar-refractivity contribution is 9.10. The molecule has 2 heterocycles. The lowest BCUT2D eigenvalue weighted by Gasteiger charge is -2.18. The lowest BCUT2D eigenvalue weighted by Crippen LogP contribution is -2.27. The second-order valence-corrected chi connectivity index (χ2v) is 7.47. The van der Waals surface area contributed by atoms with Crippen molar-refractivity contribution in [2.24, 2.45) is 0 Å². The average molecular weight is 379 g/mol. The van der Waals surface area contributed by atoms with Crippen molar-refractivity contribution in [2.45, 2.75) is 39.2 Å². The molecule has 0 saturated carbocycles. The molecule has 0 amide bonds. The number of benzene rings is 1. The molecule has 1 aromatic heterocycles. The van der Waals surface area contributed by atoms with Crippen molar-refractivity contribution < 1.29 is 14.3 Å². The van der Waals surface area contributed by atoms with Crippen molar-refractivity contribution in [2.75, 3.05) is 6.61 Å². The van der Waals surface area contributed by atoms with Crippen LogP contribution in [0.5, 0.6) is 5.75 Å². The number of fused-ring (bicyclic) bond motifs is 1. The Labute approximate surface area is 143 Å². The van der Waals surface area contributed by atoms with E-state index in [4.69, 9.17) is 9.47 Å². The number of ether oxygens (including phenoxy) is 2. The van der Waals surface area contributed by atoms with E-state index in [-0.39, 0.29) is 0 Å². The lowest BCUT2D eigenvalue weighted by molar-refractivity contribution is 0.0514. The molecule has 1 aromatic carbocycles. The first-order valence-electron chi connectivity index (χ1n) is 7.53. The van der Waals surface area contributed by atoms with E-state index in [9.17, 15) is 4.79 Å². The van der Waals surface area contributed by atoms with Crippen LogP contribution in [0, 0.1) is 0 Å². The van der Waals surface area contributed by atoms with Crippen molar-refractivity contribution >= 4 is 22.0 Å². The first-order chi connectivity index (χ1) is 10.8. The Kier molecular flexibility index (Phi) is 4.19. The molecule has 2 aromatic rings. The second-order valence-electron chi connectivity index (χ2n) is 6.61. The Morgan fingerprint density at radius 2 is 2.17 bits per heavy atom. The van der Waals surface area contributed by atoms with Gasteiger partial charge in [-0.3, -0.25) is 0 Å². The number of rotatable bonds is 2. The van der Waals surface area contributed by atoms with E-state index < -0.39 is 11.7 Å². The molecular formula is C17H19BrN2O3. The smallest absolute Gasteiger partial charge is 0.435 e. The molecule has 1 aliphatic heterocycles. The van der Waals surface area contributed by atoms with Gasteiger partial charge < -0.3 is 9.47 Å². The van der Waals surface area contributed by atoms with Gasteiger partial charge in [0.25, 0.3) is 0 Å². The third-order valence-corrected chi connectivity index (χ3v) is 4.01. The molecule has 0 spiro atoms. The minimum Gasteiger partial charge on any atom is -0.492 e. The molecule has 0 unspecified atom stereocenters. The van der Waals surface area contributed by atoms with E-state index in [0.29, 0.717) is 6.42 Å². The van der Waals surface area contributed by atoms with Crippen LogP contribution in [0.1, 0.15) is 37.5 Å². The quantitative estimate of drug-likeness (QED) is 0.793. The Balaban J connectivity index is 1.75. The summed E-state index contributed by atoms with van der Waals surface area (Å²) in [5, 5.41) is 4.10. The highest BCUT2D eigenvalue weighted by Crippen LogP contribution is 2.35. The monoisotopic (exact) mass is 378 g/mol. The van der Waals surface area contributed by atoms with Crippen LogP contribution in [-0.2, 0) is 17.6 Å². The zero-order valence-electron chi connectivity index (χ0n) is 13.4. The van der Waals surface area contributed by atoms with Crippen LogP contribution in [-0.4, -0.2) is 28.1 Å². The highest BCUT2D eigenvalue weighted by Gasteiger charge is 2.19. The number of carbonyl (C=O) groups excluding carboxylic acids is 1. The zero-order valence-corrected chi connectivity index (χ0v) is 15.0. The fraction of sp³-hybridized carbons (Fsp3) is 0.412. The minimum atomic E-state index is -0.534. The topological polar surface area (TPSA) is 53.4 Å². The maximum atomic E-state index is 12.0. The molecule has 23 heavy (non-hydrogen) atoms. The number of carbonyl (C=O) groups is 1. The van der Waals surface area contributed by atoms with Crippen molar-refractivity contribution in [3.63, 3.8) is 0 Å². The summed E-state index contributed by atoms with van der Waals surface area (Å²) < 4.78 is 13.1. The summed E-state index contributed by atoms with van der Waals surface area (Å²) in [6.07, 6.45) is 4.58. The van der Waals surface area contributed by atoms with Gasteiger partial charge in [-0.2, -0.15) is 9.78 Å². The number of aromatic nitrogens is 2. The van der Waals surface area contributed by atoms with Gasteiger partial charge in [-0.1, -0.05) is 6.07 Å². The summed E-state index contributed by atoms with van der Waals surface area (Å²) in [6, 6.07) is 4.20. The van der Waals surface area contributed by atoms with Gasteiger partial charge in [0.2, 0.25) is 0 Å². The molecule has 5 nitrogen and oxygen atoms in total. The summed E-state index contributed by atoms with van der Waals surface area (Å²) in [6.45, 7) is 6.23. The Morgan fingerprint density at radius 3 is 2.91 bits per heavy atom. The van der Waals surface area contributed by atoms with Crippen LogP contribution in [0.25, 0.3) is 0 Å². The first-order valence-corrected chi connectivity index (χ1v) is 8.32. The van der Waals surface area contributed by atoms with E-state index >= 15 is 0 Å². The Morgan fingerprint density at radius 1 is 1.39 bits per heavy atom. The van der Waals surface area contributed by atoms with Crippen molar-refractivity contribution in [3.8, 4) is 5.75 Å². The second kappa shape index (κ2) is 6.00. The van der Waals surface area contributed by atoms with Crippen LogP contribution in [0.4, 0.5) is 4.79 Å². The lowest BCUT2D eigenvalue weighted by atomic mass is 10.0. The number of halogens is 1. The molecule has 0 bridgehead atoms. The highest BCUT2D eigenvalue weighted by atomic mass is 79.9. The van der Waals surface area contributed by atoms with Gasteiger partial charge >= 0.3 is 6.09 Å². The van der Waals surface area contributed by atoms with Crippen molar-refractivity contribution in [1.82, 2.24) is 9.78 Å². The van der Waals surface area contributed by atoms with Crippen molar-refractivity contribution in [1.29, 1.82) is 0 Å². The van der Waals surface area contributed by atoms with Gasteiger partial charge in [-0.25, -0.2) is 4.79 Å². The minimum absolute atomic E-state index is 0.465. The SMILES string of the molecule is CC(C)(C)OC(=O)n1cc(Cc2cc(Br)c3c(c2)CCO3)cn1. The van der Waals surface area contributed by atoms with E-state index in [1.807, 2.05) is 20.8 Å². The molecule has 0 fully saturated rings. The summed E-state index contributed by atoms with van der Waals surface area (Å²) in [4.78, 5) is 12.0. The van der Waals surface area contributed by atoms with Crippen LogP contribution in [0.2, 0.25) is 0 Å². The molecule has 0 radical (unpaired) electrons. The third kappa shape index (κ3) is 3.75. The molecule has 0 aliphatic carbocycles. The van der Waals surface area contributed by atoms with E-state index in [1.54, 1.807) is 12.4 Å². The zero-order chi connectivity index (χ0) is 16.6. The molecular weight excluding hydrogens is 360 g/mol. The van der Waals surface area contributed by atoms with Gasteiger partial charge in [0.05, 0.1) is 17.3 Å². The molecule has 122 valence electrons. The van der Waals surface area contributed by atoms with Crippen LogP contribution >= 0.6 is 15.9 Å². The Hall–Kier alpha value is -1.82. The first kappa shape index (κ1) is 16.1. The van der Waals surface area contributed by atoms with Gasteiger partial charge in [0.1, 0.15) is 11.4 Å². The number of hydrogen-bond donors (Lipinski definition) is 0. The predicted molar refractivity (Wildman–Crippen MR) is 90.0 cm³/mol. The largest absolute Gasteiger partial charge is 0.492 e. The molecule has 6 heteroatoms. The maximum absolute atomic E-state index is 12.0. The molecule has 0 saturated heterocycles. The van der Waals surface area contributed by atoms with E-state index in [0.717, 1.165) is 34.4 Å².